The van der Waals surface area contributed by atoms with E-state index in [0.717, 1.165) is 42.3 Å². The van der Waals surface area contributed by atoms with Gasteiger partial charge in [0.05, 0.1) is 5.56 Å². The number of aldehydes is 1. The Bertz CT molecular complexity index is 1130. The zero-order valence-electron chi connectivity index (χ0n) is 20.7. The van der Waals surface area contributed by atoms with E-state index < -0.39 is 5.41 Å². The fourth-order valence-electron chi connectivity index (χ4n) is 4.45. The number of rotatable bonds is 10. The average Bonchev–Trinajstić information content (AvgIpc) is 3.08. The van der Waals surface area contributed by atoms with E-state index in [1.54, 1.807) is 24.3 Å². The number of hydrogen-bond donors (Lipinski definition) is 0. The van der Waals surface area contributed by atoms with Crippen molar-refractivity contribution in [2.24, 2.45) is 11.3 Å². The van der Waals surface area contributed by atoms with Gasteiger partial charge in [-0.1, -0.05) is 78.1 Å². The fourth-order valence-corrected chi connectivity index (χ4v) is 4.57. The van der Waals surface area contributed by atoms with Crippen molar-refractivity contribution >= 4 is 34.6 Å². The predicted molar refractivity (Wildman–Crippen MR) is 139 cm³/mol. The minimum atomic E-state index is -0.573. The Morgan fingerprint density at radius 2 is 1.70 bits per heavy atom. The molecule has 0 radical (unpaired) electrons. The molecule has 3 nitrogen and oxygen atoms in total. The van der Waals surface area contributed by atoms with E-state index >= 15 is 0 Å². The minimum Gasteiger partial charge on any atom is -0.344 e. The van der Waals surface area contributed by atoms with E-state index in [4.69, 9.17) is 11.6 Å². The first-order valence-corrected chi connectivity index (χ1v) is 12.4. The third-order valence-electron chi connectivity index (χ3n) is 6.73. The highest BCUT2D eigenvalue weighted by Gasteiger charge is 2.29. The van der Waals surface area contributed by atoms with E-state index in [9.17, 15) is 9.59 Å². The molecule has 0 atom stereocenters. The Labute approximate surface area is 203 Å². The molecule has 0 amide bonds. The molecular formula is C29H36ClNO2. The third kappa shape index (κ3) is 5.41. The molecule has 0 fully saturated rings. The van der Waals surface area contributed by atoms with Gasteiger partial charge < -0.3 is 9.36 Å². The second-order valence-corrected chi connectivity index (χ2v) is 10.6. The molecule has 0 N–H and O–H groups in total. The predicted octanol–water partition coefficient (Wildman–Crippen LogP) is 7.85. The van der Waals surface area contributed by atoms with Crippen molar-refractivity contribution < 1.29 is 9.59 Å². The number of nitrogens with zero attached hydrogens (tertiary/aromatic N) is 1. The second-order valence-electron chi connectivity index (χ2n) is 10.2. The number of halogens is 1. The van der Waals surface area contributed by atoms with Gasteiger partial charge in [-0.25, -0.2) is 0 Å². The largest absolute Gasteiger partial charge is 0.344 e. The first kappa shape index (κ1) is 25.2. The molecule has 3 aromatic rings. The number of ketones is 1. The Hall–Kier alpha value is -2.39. The van der Waals surface area contributed by atoms with Crippen LogP contribution in [0, 0.1) is 11.3 Å². The molecule has 0 bridgehead atoms. The van der Waals surface area contributed by atoms with Crippen LogP contribution in [-0.4, -0.2) is 16.6 Å². The first-order valence-electron chi connectivity index (χ1n) is 12.0. The van der Waals surface area contributed by atoms with Crippen molar-refractivity contribution in [3.8, 4) is 0 Å². The molecule has 176 valence electrons. The normalized spacial score (nSPS) is 12.2. The quantitative estimate of drug-likeness (QED) is 0.226. The highest BCUT2D eigenvalue weighted by Crippen LogP contribution is 2.35. The van der Waals surface area contributed by atoms with Crippen LogP contribution in [0.2, 0.25) is 5.02 Å². The lowest BCUT2D eigenvalue weighted by molar-refractivity contribution is -0.114. The Morgan fingerprint density at radius 3 is 2.24 bits per heavy atom. The van der Waals surface area contributed by atoms with Crippen LogP contribution in [0.4, 0.5) is 0 Å². The van der Waals surface area contributed by atoms with E-state index in [0.29, 0.717) is 34.4 Å². The van der Waals surface area contributed by atoms with Gasteiger partial charge in [-0.05, 0) is 47.7 Å². The zero-order chi connectivity index (χ0) is 24.3. The third-order valence-corrected chi connectivity index (χ3v) is 6.99. The first-order chi connectivity index (χ1) is 15.6. The van der Waals surface area contributed by atoms with Crippen LogP contribution in [0.3, 0.4) is 0 Å². The van der Waals surface area contributed by atoms with Crippen LogP contribution >= 0.6 is 11.6 Å². The molecule has 0 saturated carbocycles. The number of carbonyl (C=O) groups is 2. The van der Waals surface area contributed by atoms with Crippen LogP contribution in [0.5, 0.6) is 0 Å². The minimum absolute atomic E-state index is 0.0195. The van der Waals surface area contributed by atoms with E-state index in [-0.39, 0.29) is 5.78 Å². The number of hydrogen-bond acceptors (Lipinski definition) is 2. The van der Waals surface area contributed by atoms with Crippen molar-refractivity contribution in [1.82, 2.24) is 4.57 Å². The number of fused-ring (bicyclic) bond motifs is 1. The number of benzene rings is 2. The summed E-state index contributed by atoms with van der Waals surface area (Å²) in [7, 11) is 0. The van der Waals surface area contributed by atoms with Crippen LogP contribution in [0.25, 0.3) is 10.9 Å². The van der Waals surface area contributed by atoms with Gasteiger partial charge in [-0.15, -0.1) is 0 Å². The van der Waals surface area contributed by atoms with Gasteiger partial charge >= 0.3 is 0 Å². The number of aromatic nitrogens is 1. The van der Waals surface area contributed by atoms with Crippen molar-refractivity contribution in [2.75, 3.05) is 0 Å². The molecule has 1 aromatic heterocycles. The van der Waals surface area contributed by atoms with Crippen molar-refractivity contribution in [3.63, 3.8) is 0 Å². The molecule has 4 heteroatoms. The topological polar surface area (TPSA) is 39.1 Å². The van der Waals surface area contributed by atoms with Gasteiger partial charge in [-0.3, -0.25) is 4.79 Å². The molecular weight excluding hydrogens is 430 g/mol. The highest BCUT2D eigenvalue weighted by atomic mass is 35.5. The summed E-state index contributed by atoms with van der Waals surface area (Å²) in [5, 5.41) is 1.56. The van der Waals surface area contributed by atoms with Gasteiger partial charge in [0.15, 0.2) is 5.78 Å². The standard InChI is InChI=1S/C29H36ClNO2/c1-7-20(8-2)17-31-25-15-22(19(3)4)11-14-24(25)27(26(31)16-29(5,6)18-32)28(33)21-9-12-23(30)13-10-21/h9-15,18-20H,7-8,16-17H2,1-6H3. The summed E-state index contributed by atoms with van der Waals surface area (Å²) in [6, 6.07) is 13.5. The average molecular weight is 466 g/mol. The van der Waals surface area contributed by atoms with Crippen LogP contribution < -0.4 is 0 Å². The summed E-state index contributed by atoms with van der Waals surface area (Å²) in [6.45, 7) is 13.5. The lowest BCUT2D eigenvalue weighted by atomic mass is 9.86. The van der Waals surface area contributed by atoms with Gasteiger partial charge in [0.25, 0.3) is 0 Å². The molecule has 1 heterocycles. The Morgan fingerprint density at radius 1 is 1.06 bits per heavy atom. The molecule has 0 aliphatic carbocycles. The Balaban J connectivity index is 2.35. The van der Waals surface area contributed by atoms with Crippen LogP contribution in [0.15, 0.2) is 42.5 Å². The lowest BCUT2D eigenvalue weighted by Gasteiger charge is -2.23. The Kier molecular flexibility index (Phi) is 7.84. The molecule has 0 aliphatic heterocycles. The molecule has 33 heavy (non-hydrogen) atoms. The summed E-state index contributed by atoms with van der Waals surface area (Å²) in [5.74, 6) is 0.866. The van der Waals surface area contributed by atoms with Crippen LogP contribution in [-0.2, 0) is 17.8 Å². The van der Waals surface area contributed by atoms with Crippen molar-refractivity contribution in [1.29, 1.82) is 0 Å². The summed E-state index contributed by atoms with van der Waals surface area (Å²) in [4.78, 5) is 25.8. The van der Waals surface area contributed by atoms with Crippen molar-refractivity contribution in [2.45, 2.75) is 73.3 Å². The number of carbonyl (C=O) groups excluding carboxylic acids is 2. The zero-order valence-corrected chi connectivity index (χ0v) is 21.5. The maximum atomic E-state index is 13.9. The summed E-state index contributed by atoms with van der Waals surface area (Å²) in [5.41, 5.74) is 4.03. The maximum absolute atomic E-state index is 13.9. The van der Waals surface area contributed by atoms with Gasteiger partial charge in [0, 0.05) is 45.6 Å². The fraction of sp³-hybridized carbons (Fsp3) is 0.448. The highest BCUT2D eigenvalue weighted by molar-refractivity contribution is 6.30. The smallest absolute Gasteiger partial charge is 0.195 e. The summed E-state index contributed by atoms with van der Waals surface area (Å²) < 4.78 is 2.33. The summed E-state index contributed by atoms with van der Waals surface area (Å²) in [6.07, 6.45) is 3.65. The maximum Gasteiger partial charge on any atom is 0.195 e. The van der Waals surface area contributed by atoms with E-state index in [1.165, 1.54) is 5.56 Å². The summed E-state index contributed by atoms with van der Waals surface area (Å²) >= 11 is 6.08. The monoisotopic (exact) mass is 465 g/mol. The van der Waals surface area contributed by atoms with E-state index in [2.05, 4.69) is 50.5 Å². The molecule has 0 aliphatic rings. The lowest BCUT2D eigenvalue weighted by Crippen LogP contribution is -2.22. The van der Waals surface area contributed by atoms with E-state index in [1.807, 2.05) is 13.8 Å². The molecule has 0 unspecified atom stereocenters. The molecule has 3 rings (SSSR count). The molecule has 0 saturated heterocycles. The molecule has 0 spiro atoms. The SMILES string of the molecule is CCC(CC)Cn1c(CC(C)(C)C=O)c(C(=O)c2ccc(Cl)cc2)c2ccc(C(C)C)cc21. The second kappa shape index (κ2) is 10.3. The van der Waals surface area contributed by atoms with Crippen molar-refractivity contribution in [3.05, 3.63) is 69.9 Å². The van der Waals surface area contributed by atoms with Gasteiger partial charge in [0.1, 0.15) is 6.29 Å². The van der Waals surface area contributed by atoms with Gasteiger partial charge in [0.2, 0.25) is 0 Å². The molecule has 2 aromatic carbocycles. The van der Waals surface area contributed by atoms with Gasteiger partial charge in [-0.2, -0.15) is 0 Å². The van der Waals surface area contributed by atoms with Crippen LogP contribution in [0.1, 0.15) is 87.5 Å².